The molecule has 0 aromatic heterocycles. The lowest BCUT2D eigenvalue weighted by Crippen LogP contribution is -2.65. The first kappa shape index (κ1) is 85.6. The fourth-order valence-corrected chi connectivity index (χ4v) is 16.4. The number of fused-ring (bicyclic) bond motifs is 2. The zero-order chi connectivity index (χ0) is 76.9. The Balaban J connectivity index is 1.42. The van der Waals surface area contributed by atoms with E-state index >= 15 is 24.0 Å². The number of carbonyl (C=O) groups excluding carboxylic acids is 12. The molecule has 3 saturated heterocycles. The van der Waals surface area contributed by atoms with Crippen LogP contribution in [-0.4, -0.2) is 250 Å². The van der Waals surface area contributed by atoms with Gasteiger partial charge in [0.2, 0.25) is 70.9 Å². The number of rotatable bonds is 15. The number of amides is 12. The van der Waals surface area contributed by atoms with Gasteiger partial charge in [0.15, 0.2) is 0 Å². The third kappa shape index (κ3) is 22.4. The molecule has 0 radical (unpaired) electrons. The Morgan fingerprint density at radius 1 is 0.650 bits per heavy atom. The van der Waals surface area contributed by atoms with Crippen LogP contribution in [0.4, 0.5) is 13.2 Å². The van der Waals surface area contributed by atoms with Gasteiger partial charge < -0.3 is 65.6 Å². The number of nitrogens with one attached hydrogen (secondary N) is 5. The highest BCUT2D eigenvalue weighted by atomic mass is 35.5. The number of carbonyl (C=O) groups is 12. The van der Waals surface area contributed by atoms with Crippen molar-refractivity contribution in [3.8, 4) is 0 Å². The zero-order valence-electron chi connectivity index (χ0n) is 64.1. The molecule has 1 spiro atoms. The minimum atomic E-state index is -4.51. The Morgan fingerprint density at radius 2 is 1.27 bits per heavy atom. The largest absolute Gasteiger partial charge is 0.393 e. The standard InChI is InChI=1S/C74H122ClF3N12O13/c1-17-45(6)61-70(101)85(13)47(8)66(97)90-35-31-55(90)69(100)87(15)57(38-49-25-23-44(5)24-26-49)68(99)84(12)40-58(91)80-53(30-28-48-27-29-51(52(75)37-48)74(76,77)78)67(98)89-34-21-22-54(89)64(95)83-73(32-19-20-33-73)71(102)88(16)62(46(7)18-2)65(96)79-50(41-103-42-59(92)82-72(9,10)11)39-60(93)86(14)56(36-43(3)4)63(94)81-61/h43-57,61-62H,17-42H2,1-16H3,(H,79,96)(H,80,91)(H,81,94)(H,82,92)(H,83,95)/t44?,45-,46-,47-,48?,49?,50-,51?,52?,53-,54-,55-,56-,57-,61-,62-/m0/s1. The summed E-state index contributed by atoms with van der Waals surface area (Å²) in [6.07, 6.45) is 1.65. The molecule has 584 valence electrons. The topological polar surface area (TPSA) is 297 Å². The molecule has 0 aromatic carbocycles. The number of hydrogen-bond acceptors (Lipinski definition) is 13. The van der Waals surface area contributed by atoms with E-state index in [4.69, 9.17) is 16.3 Å². The third-order valence-corrected chi connectivity index (χ3v) is 23.4. The van der Waals surface area contributed by atoms with Crippen LogP contribution in [0.5, 0.6) is 0 Å². The van der Waals surface area contributed by atoms with Gasteiger partial charge in [-0.2, -0.15) is 13.2 Å². The lowest BCUT2D eigenvalue weighted by Gasteiger charge is -2.45. The molecule has 103 heavy (non-hydrogen) atoms. The number of hydrogen-bond donors (Lipinski definition) is 5. The van der Waals surface area contributed by atoms with E-state index in [1.54, 1.807) is 34.6 Å². The number of likely N-dealkylation sites (N-methyl/N-ethyl adjacent to an activating group) is 5. The van der Waals surface area contributed by atoms with E-state index in [1.807, 2.05) is 27.7 Å². The lowest BCUT2D eigenvalue weighted by atomic mass is 9.78. The average molecular weight is 1480 g/mol. The third-order valence-electron chi connectivity index (χ3n) is 22.9. The predicted molar refractivity (Wildman–Crippen MR) is 383 cm³/mol. The first-order valence-electron chi connectivity index (χ1n) is 37.9. The molecule has 3 saturated carbocycles. The first-order chi connectivity index (χ1) is 48.1. The second kappa shape index (κ2) is 37.3. The van der Waals surface area contributed by atoms with Crippen LogP contribution in [-0.2, 0) is 62.3 Å². The van der Waals surface area contributed by atoms with Gasteiger partial charge in [-0.05, 0) is 140 Å². The van der Waals surface area contributed by atoms with Crippen LogP contribution in [0.3, 0.4) is 0 Å². The number of halogens is 4. The molecule has 25 nitrogen and oxygen atoms in total. The van der Waals surface area contributed by atoms with Gasteiger partial charge in [0.25, 0.3) is 0 Å². The monoisotopic (exact) mass is 1480 g/mol. The molecule has 6 rings (SSSR count). The molecule has 6 aliphatic rings. The molecule has 0 bridgehead atoms. The molecule has 6 fully saturated rings. The molecule has 5 N–H and O–H groups in total. The van der Waals surface area contributed by atoms with Crippen molar-refractivity contribution in [1.29, 1.82) is 0 Å². The maximum absolute atomic E-state index is 15.5. The highest BCUT2D eigenvalue weighted by Gasteiger charge is 2.52. The molecule has 29 heteroatoms. The maximum atomic E-state index is 15.5. The molecule has 12 amide bonds. The highest BCUT2D eigenvalue weighted by Crippen LogP contribution is 2.44. The van der Waals surface area contributed by atoms with Crippen molar-refractivity contribution in [1.82, 2.24) is 60.9 Å². The number of nitrogens with zero attached hydrogens (tertiary/aromatic N) is 7. The second-order valence-corrected chi connectivity index (χ2v) is 33.0. The average Bonchev–Trinajstić information content (AvgIpc) is 1.68. The molecule has 3 aliphatic carbocycles. The van der Waals surface area contributed by atoms with Crippen molar-refractivity contribution < 1.29 is 75.4 Å². The van der Waals surface area contributed by atoms with E-state index in [2.05, 4.69) is 33.5 Å². The summed E-state index contributed by atoms with van der Waals surface area (Å²) >= 11 is 6.41. The summed E-state index contributed by atoms with van der Waals surface area (Å²) < 4.78 is 48.0. The SMILES string of the molecule is CC[C@H](C)[C@@H]1NC(=O)[C@H](CC(C)C)N(C)C(=O)C[C@@H](COCC(=O)NC(C)(C)C)NC(=O)[C@H]([C@@H](C)CC)N(C)C(=O)C2(CCCC2)NC(=O)[C@@H]2CCCN2C(=O)[C@H](CCC2CCC(C(F)(F)F)C(Cl)C2)NC(=O)CN(C)C(=O)[C@H](CC2CCC(C)CC2)N(C)C(=O)[C@@H]2CCN2C(=O)[C@H](C)N(C)C1=O. The van der Waals surface area contributed by atoms with Crippen molar-refractivity contribution in [2.45, 2.75) is 288 Å². The summed E-state index contributed by atoms with van der Waals surface area (Å²) in [4.78, 5) is 187. The number of ether oxygens (including phenoxy) is 1. The van der Waals surface area contributed by atoms with Crippen LogP contribution in [0.25, 0.3) is 0 Å². The molecule has 14 atom stereocenters. The molecule has 0 aromatic rings. The van der Waals surface area contributed by atoms with E-state index < -0.39 is 185 Å². The fraction of sp³-hybridized carbons (Fsp3) is 0.838. The zero-order valence-corrected chi connectivity index (χ0v) is 64.9. The van der Waals surface area contributed by atoms with Crippen molar-refractivity contribution >= 4 is 82.5 Å². The van der Waals surface area contributed by atoms with Gasteiger partial charge in [0, 0.05) is 65.7 Å². The summed E-state index contributed by atoms with van der Waals surface area (Å²) in [6, 6.07) is -10.6. The minimum Gasteiger partial charge on any atom is -0.369 e. The quantitative estimate of drug-likeness (QED) is 0.113. The summed E-state index contributed by atoms with van der Waals surface area (Å²) in [6.45, 7) is 18.8. The molecular formula is C74H122ClF3N12O13. The van der Waals surface area contributed by atoms with E-state index in [0.29, 0.717) is 38.0 Å². The fourth-order valence-electron chi connectivity index (χ4n) is 15.9. The Labute approximate surface area is 613 Å². The van der Waals surface area contributed by atoms with Crippen LogP contribution in [0, 0.1) is 41.4 Å². The number of alkyl halides is 4. The summed E-state index contributed by atoms with van der Waals surface area (Å²) in [5.74, 6) is -10.2. The molecule has 3 heterocycles. The normalized spacial score (nSPS) is 31.1. The van der Waals surface area contributed by atoms with Crippen molar-refractivity contribution in [2.24, 2.45) is 41.4 Å². The first-order valence-corrected chi connectivity index (χ1v) is 38.3. The van der Waals surface area contributed by atoms with Crippen LogP contribution in [0.1, 0.15) is 211 Å². The van der Waals surface area contributed by atoms with Crippen molar-refractivity contribution in [2.75, 3.05) is 68.1 Å². The van der Waals surface area contributed by atoms with Gasteiger partial charge in [-0.3, -0.25) is 57.5 Å². The second-order valence-electron chi connectivity index (χ2n) is 32.5. The van der Waals surface area contributed by atoms with Crippen LogP contribution in [0.2, 0.25) is 0 Å². The maximum Gasteiger partial charge on any atom is 0.393 e. The van der Waals surface area contributed by atoms with Crippen LogP contribution < -0.4 is 26.6 Å². The minimum absolute atomic E-state index is 0.00438. The smallest absolute Gasteiger partial charge is 0.369 e. The summed E-state index contributed by atoms with van der Waals surface area (Å²) in [5, 5.41) is 13.4. The van der Waals surface area contributed by atoms with E-state index in [1.165, 1.54) is 76.5 Å². The Kier molecular flexibility index (Phi) is 31.0. The Hall–Kier alpha value is -6.32. The van der Waals surface area contributed by atoms with Crippen LogP contribution in [0.15, 0.2) is 0 Å². The molecule has 3 unspecified atom stereocenters. The van der Waals surface area contributed by atoms with Crippen molar-refractivity contribution in [3.05, 3.63) is 0 Å². The molecular weight excluding hydrogens is 1360 g/mol. The van der Waals surface area contributed by atoms with Gasteiger partial charge in [0.05, 0.1) is 25.1 Å². The predicted octanol–water partition coefficient (Wildman–Crippen LogP) is 6.30. The van der Waals surface area contributed by atoms with Gasteiger partial charge in [-0.25, -0.2) is 0 Å². The Morgan fingerprint density at radius 3 is 1.84 bits per heavy atom. The molecule has 3 aliphatic heterocycles. The van der Waals surface area contributed by atoms with Gasteiger partial charge in [0.1, 0.15) is 60.5 Å². The van der Waals surface area contributed by atoms with Gasteiger partial charge in [-0.15, -0.1) is 11.6 Å². The van der Waals surface area contributed by atoms with E-state index in [0.717, 1.165) is 25.7 Å². The summed E-state index contributed by atoms with van der Waals surface area (Å²) in [7, 11) is 7.25. The Bertz CT molecular complexity index is 3000. The van der Waals surface area contributed by atoms with Crippen LogP contribution >= 0.6 is 11.6 Å². The summed E-state index contributed by atoms with van der Waals surface area (Å²) in [5.41, 5.74) is -2.19. The van der Waals surface area contributed by atoms with E-state index in [9.17, 15) is 46.7 Å². The van der Waals surface area contributed by atoms with E-state index in [-0.39, 0.29) is 108 Å². The van der Waals surface area contributed by atoms with Gasteiger partial charge >= 0.3 is 6.18 Å². The highest BCUT2D eigenvalue weighted by molar-refractivity contribution is 6.21. The van der Waals surface area contributed by atoms with Crippen molar-refractivity contribution in [3.63, 3.8) is 0 Å². The lowest BCUT2D eigenvalue weighted by molar-refractivity contribution is -0.182. The van der Waals surface area contributed by atoms with Gasteiger partial charge in [-0.1, -0.05) is 99.8 Å².